The van der Waals surface area contributed by atoms with Gasteiger partial charge in [0, 0.05) is 0 Å². The van der Waals surface area contributed by atoms with Crippen molar-refractivity contribution in [1.82, 2.24) is 6.15 Å². The molecule has 0 atom stereocenters. The summed E-state index contributed by atoms with van der Waals surface area (Å²) in [6.45, 7) is 0. The Kier molecular flexibility index (Phi) is 3.46. The third-order valence-corrected chi connectivity index (χ3v) is 0.625. The summed E-state index contributed by atoms with van der Waals surface area (Å²) in [5, 5.41) is 7.31. The molecule has 0 radical (unpaired) electrons. The normalized spacial score (nSPS) is 12.1. The monoisotopic (exact) mass is 181 g/mol. The van der Waals surface area contributed by atoms with E-state index < -0.39 is 18.1 Å². The van der Waals surface area contributed by atoms with E-state index in [1.807, 2.05) is 0 Å². The van der Waals surface area contributed by atoms with Crippen molar-refractivity contribution in [2.45, 2.75) is 12.1 Å². The van der Waals surface area contributed by atoms with Gasteiger partial charge in [-0.15, -0.1) is 0 Å². The molecule has 0 aliphatic rings. The predicted molar refractivity (Wildman–Crippen MR) is 23.7 cm³/mol. The molecule has 4 N–H and O–H groups in total. The second kappa shape index (κ2) is 2.99. The van der Waals surface area contributed by atoms with Crippen LogP contribution in [0.2, 0.25) is 0 Å². The molecule has 0 bridgehead atoms. The van der Waals surface area contributed by atoms with E-state index in [1.54, 1.807) is 0 Å². The van der Waals surface area contributed by atoms with Crippen molar-refractivity contribution in [3.8, 4) is 0 Å². The van der Waals surface area contributed by atoms with E-state index >= 15 is 0 Å². The van der Waals surface area contributed by atoms with Gasteiger partial charge in [-0.3, -0.25) is 0 Å². The fourth-order valence-corrected chi connectivity index (χ4v) is 0.121. The Bertz CT molecular complexity index is 152. The lowest BCUT2D eigenvalue weighted by Gasteiger charge is -2.13. The molecule has 0 aromatic carbocycles. The fraction of sp³-hybridized carbons (Fsp3) is 0.667. The molecule has 68 valence electrons. The van der Waals surface area contributed by atoms with Gasteiger partial charge in [-0.25, -0.2) is 4.79 Å². The lowest BCUT2D eigenvalue weighted by Crippen LogP contribution is -2.43. The zero-order valence-corrected chi connectivity index (χ0v) is 4.95. The van der Waals surface area contributed by atoms with Crippen molar-refractivity contribution in [3.63, 3.8) is 0 Å². The molecule has 0 rings (SSSR count). The number of alkyl halides is 5. The highest BCUT2D eigenvalue weighted by Crippen LogP contribution is 2.35. The average Bonchev–Trinajstić information content (AvgIpc) is 1.62. The van der Waals surface area contributed by atoms with Crippen molar-refractivity contribution in [2.75, 3.05) is 0 Å². The minimum atomic E-state index is -6.02. The van der Waals surface area contributed by atoms with Crippen LogP contribution in [0.1, 0.15) is 0 Å². The first-order valence-corrected chi connectivity index (χ1v) is 1.87. The summed E-state index contributed by atoms with van der Waals surface area (Å²) in [6, 6.07) is 0. The number of carboxylic acids is 1. The molecule has 0 fully saturated rings. The Balaban J connectivity index is 0. The van der Waals surface area contributed by atoms with Crippen LogP contribution in [0.25, 0.3) is 0 Å². The standard InChI is InChI=1S/C3HF5O2.H3N/c4-2(5,1(9)10)3(6,7)8;/h(H,9,10);1H3. The van der Waals surface area contributed by atoms with Crippen molar-refractivity contribution < 1.29 is 31.9 Å². The van der Waals surface area contributed by atoms with E-state index in [9.17, 15) is 26.7 Å². The van der Waals surface area contributed by atoms with Crippen LogP contribution in [0.15, 0.2) is 0 Å². The van der Waals surface area contributed by atoms with Gasteiger partial charge in [0.15, 0.2) is 0 Å². The highest BCUT2D eigenvalue weighted by molar-refractivity contribution is 5.76. The molecule has 0 saturated carbocycles. The minimum Gasteiger partial charge on any atom is -0.477 e. The highest BCUT2D eigenvalue weighted by Gasteiger charge is 2.64. The van der Waals surface area contributed by atoms with E-state index in [1.165, 1.54) is 0 Å². The molecule has 0 spiro atoms. The predicted octanol–water partition coefficient (Wildman–Crippen LogP) is 1.43. The van der Waals surface area contributed by atoms with Gasteiger partial charge < -0.3 is 11.3 Å². The Morgan fingerprint density at radius 3 is 1.36 bits per heavy atom. The molecule has 0 unspecified atom stereocenters. The van der Waals surface area contributed by atoms with E-state index in [0.717, 1.165) is 0 Å². The number of carboxylic acid groups (broad SMARTS) is 1. The summed E-state index contributed by atoms with van der Waals surface area (Å²) >= 11 is 0. The first-order chi connectivity index (χ1) is 4.19. The number of halogens is 5. The average molecular weight is 181 g/mol. The van der Waals surface area contributed by atoms with Crippen LogP contribution in [-0.2, 0) is 4.79 Å². The van der Waals surface area contributed by atoms with Crippen LogP contribution < -0.4 is 6.15 Å². The Labute approximate surface area is 57.4 Å². The van der Waals surface area contributed by atoms with Gasteiger partial charge >= 0.3 is 18.1 Å². The zero-order chi connectivity index (χ0) is 8.58. The molecule has 0 amide bonds. The van der Waals surface area contributed by atoms with Crippen LogP contribution in [0.5, 0.6) is 0 Å². The summed E-state index contributed by atoms with van der Waals surface area (Å²) in [6.07, 6.45) is -6.02. The zero-order valence-electron chi connectivity index (χ0n) is 4.95. The first-order valence-electron chi connectivity index (χ1n) is 1.87. The van der Waals surface area contributed by atoms with Gasteiger partial charge in [-0.1, -0.05) is 0 Å². The Morgan fingerprint density at radius 2 is 1.36 bits per heavy atom. The molecule has 0 aliphatic carbocycles. The van der Waals surface area contributed by atoms with Crippen LogP contribution in [0.3, 0.4) is 0 Å². The molecule has 0 aliphatic heterocycles. The van der Waals surface area contributed by atoms with E-state index in [2.05, 4.69) is 0 Å². The molecular formula is C3H4F5NO2. The highest BCUT2D eigenvalue weighted by atomic mass is 19.4. The number of carbonyl (C=O) groups is 1. The molecule has 0 aromatic heterocycles. The lowest BCUT2D eigenvalue weighted by molar-refractivity contribution is -0.277. The number of rotatable bonds is 1. The van der Waals surface area contributed by atoms with Crippen LogP contribution in [0.4, 0.5) is 22.0 Å². The van der Waals surface area contributed by atoms with Gasteiger partial charge in [0.05, 0.1) is 0 Å². The third-order valence-electron chi connectivity index (χ3n) is 0.625. The number of aliphatic carboxylic acids is 1. The Morgan fingerprint density at radius 1 is 1.09 bits per heavy atom. The number of hydrogen-bond donors (Lipinski definition) is 2. The molecule has 0 heterocycles. The minimum absolute atomic E-state index is 0. The van der Waals surface area contributed by atoms with Crippen LogP contribution in [-0.4, -0.2) is 23.2 Å². The number of hydrogen-bond acceptors (Lipinski definition) is 2. The van der Waals surface area contributed by atoms with Gasteiger partial charge in [0.25, 0.3) is 0 Å². The van der Waals surface area contributed by atoms with Crippen LogP contribution in [0, 0.1) is 0 Å². The van der Waals surface area contributed by atoms with E-state index in [0.29, 0.717) is 0 Å². The first kappa shape index (κ1) is 12.7. The molecule has 0 saturated heterocycles. The van der Waals surface area contributed by atoms with Crippen molar-refractivity contribution in [3.05, 3.63) is 0 Å². The van der Waals surface area contributed by atoms with Crippen LogP contribution >= 0.6 is 0 Å². The summed E-state index contributed by atoms with van der Waals surface area (Å²) in [5.41, 5.74) is 0. The second-order valence-corrected chi connectivity index (χ2v) is 1.38. The van der Waals surface area contributed by atoms with Gasteiger partial charge in [-0.2, -0.15) is 22.0 Å². The quantitative estimate of drug-likeness (QED) is 0.601. The van der Waals surface area contributed by atoms with Gasteiger partial charge in [0.1, 0.15) is 0 Å². The molecule has 0 aromatic rings. The van der Waals surface area contributed by atoms with Crippen molar-refractivity contribution in [1.29, 1.82) is 0 Å². The summed E-state index contributed by atoms with van der Waals surface area (Å²) < 4.78 is 55.5. The molecule has 11 heavy (non-hydrogen) atoms. The lowest BCUT2D eigenvalue weighted by atomic mass is 10.3. The summed E-state index contributed by atoms with van der Waals surface area (Å²) in [5.74, 6) is -8.84. The molecule has 3 nitrogen and oxygen atoms in total. The van der Waals surface area contributed by atoms with Crippen molar-refractivity contribution >= 4 is 5.97 Å². The third kappa shape index (κ3) is 2.30. The SMILES string of the molecule is N.O=C(O)C(F)(F)C(F)(F)F. The summed E-state index contributed by atoms with van der Waals surface area (Å²) in [4.78, 5) is 9.20. The maximum Gasteiger partial charge on any atom is 0.465 e. The Hall–Kier alpha value is -0.920. The van der Waals surface area contributed by atoms with Gasteiger partial charge in [-0.05, 0) is 0 Å². The second-order valence-electron chi connectivity index (χ2n) is 1.38. The van der Waals surface area contributed by atoms with E-state index in [4.69, 9.17) is 5.11 Å². The fourth-order valence-electron chi connectivity index (χ4n) is 0.121. The van der Waals surface area contributed by atoms with Gasteiger partial charge in [0.2, 0.25) is 0 Å². The van der Waals surface area contributed by atoms with Crippen molar-refractivity contribution in [2.24, 2.45) is 0 Å². The maximum absolute atomic E-state index is 11.3. The molecule has 8 heteroatoms. The summed E-state index contributed by atoms with van der Waals surface area (Å²) in [7, 11) is 0. The topological polar surface area (TPSA) is 72.3 Å². The maximum atomic E-state index is 11.3. The van der Waals surface area contributed by atoms with E-state index in [-0.39, 0.29) is 6.15 Å². The largest absolute Gasteiger partial charge is 0.477 e. The smallest absolute Gasteiger partial charge is 0.465 e. The molecular weight excluding hydrogens is 177 g/mol.